The fourth-order valence-corrected chi connectivity index (χ4v) is 2.88. The molecular formula is C18H28N4O2. The summed E-state index contributed by atoms with van der Waals surface area (Å²) in [7, 11) is 0. The van der Waals surface area contributed by atoms with Gasteiger partial charge in [-0.1, -0.05) is 13.8 Å². The Bertz CT molecular complexity index is 574. The minimum atomic E-state index is -0.0393. The van der Waals surface area contributed by atoms with Gasteiger partial charge < -0.3 is 15.5 Å². The molecule has 0 radical (unpaired) electrons. The van der Waals surface area contributed by atoms with Crippen LogP contribution in [-0.4, -0.2) is 41.5 Å². The van der Waals surface area contributed by atoms with E-state index in [1.807, 2.05) is 24.0 Å². The number of hydrogen-bond donors (Lipinski definition) is 2. The quantitative estimate of drug-likeness (QED) is 0.871. The number of nitrogens with zero attached hydrogens (tertiary/aromatic N) is 2. The summed E-state index contributed by atoms with van der Waals surface area (Å²) in [5.74, 6) is 1.18. The van der Waals surface area contributed by atoms with Gasteiger partial charge in [-0.05, 0) is 49.3 Å². The van der Waals surface area contributed by atoms with Crippen LogP contribution in [-0.2, 0) is 4.79 Å². The number of urea groups is 1. The molecule has 3 amide bonds. The predicted octanol–water partition coefficient (Wildman–Crippen LogP) is 2.80. The van der Waals surface area contributed by atoms with Gasteiger partial charge in [0.05, 0.1) is 0 Å². The number of piperidine rings is 1. The van der Waals surface area contributed by atoms with E-state index in [-0.39, 0.29) is 17.9 Å². The molecule has 0 aliphatic carbocycles. The van der Waals surface area contributed by atoms with Gasteiger partial charge in [-0.2, -0.15) is 0 Å². The number of rotatable bonds is 5. The molecule has 1 aliphatic heterocycles. The van der Waals surface area contributed by atoms with Gasteiger partial charge >= 0.3 is 6.03 Å². The lowest BCUT2D eigenvalue weighted by Gasteiger charge is -2.32. The van der Waals surface area contributed by atoms with Crippen LogP contribution in [0, 0.1) is 18.8 Å². The number of aryl methyl sites for hydroxylation is 1. The molecule has 0 bridgehead atoms. The number of pyridine rings is 1. The van der Waals surface area contributed by atoms with E-state index in [4.69, 9.17) is 0 Å². The average Bonchev–Trinajstić information content (AvgIpc) is 2.52. The molecule has 1 fully saturated rings. The monoisotopic (exact) mass is 332 g/mol. The third-order valence-electron chi connectivity index (χ3n) is 4.12. The average molecular weight is 332 g/mol. The smallest absolute Gasteiger partial charge is 0.317 e. The van der Waals surface area contributed by atoms with Gasteiger partial charge in [-0.3, -0.25) is 4.79 Å². The number of amides is 3. The number of carbonyl (C=O) groups excluding carboxylic acids is 2. The summed E-state index contributed by atoms with van der Waals surface area (Å²) in [5.41, 5.74) is 1.06. The van der Waals surface area contributed by atoms with Crippen LogP contribution in [0.25, 0.3) is 0 Å². The summed E-state index contributed by atoms with van der Waals surface area (Å²) in [6.45, 7) is 8.19. The highest BCUT2D eigenvalue weighted by Gasteiger charge is 2.25. The Morgan fingerprint density at radius 1 is 1.42 bits per heavy atom. The molecule has 0 unspecified atom stereocenters. The van der Waals surface area contributed by atoms with Crippen molar-refractivity contribution in [2.45, 2.75) is 40.0 Å². The van der Waals surface area contributed by atoms with Crippen molar-refractivity contribution >= 4 is 17.8 Å². The Balaban J connectivity index is 1.81. The molecule has 2 N–H and O–H groups in total. The number of nitrogens with one attached hydrogen (secondary N) is 2. The molecule has 0 aromatic carbocycles. The first kappa shape index (κ1) is 18.2. The molecule has 6 nitrogen and oxygen atoms in total. The van der Waals surface area contributed by atoms with Gasteiger partial charge in [0.15, 0.2) is 0 Å². The zero-order chi connectivity index (χ0) is 17.5. The zero-order valence-corrected chi connectivity index (χ0v) is 14.8. The van der Waals surface area contributed by atoms with Crippen LogP contribution in [0.5, 0.6) is 0 Å². The van der Waals surface area contributed by atoms with Crippen molar-refractivity contribution in [3.05, 3.63) is 23.9 Å². The molecule has 132 valence electrons. The van der Waals surface area contributed by atoms with E-state index < -0.39 is 0 Å². The van der Waals surface area contributed by atoms with E-state index in [2.05, 4.69) is 29.5 Å². The van der Waals surface area contributed by atoms with Gasteiger partial charge in [-0.15, -0.1) is 0 Å². The highest BCUT2D eigenvalue weighted by atomic mass is 16.2. The van der Waals surface area contributed by atoms with Crippen molar-refractivity contribution in [2.24, 2.45) is 11.8 Å². The first-order chi connectivity index (χ1) is 11.4. The molecule has 1 saturated heterocycles. The standard InChI is InChI=1S/C18H28N4O2/c1-13(2)11-20-18(24)22-8-4-5-15(12-22)10-17(23)21-16-9-14(3)6-7-19-16/h6-7,9,13,15H,4-5,8,10-12H2,1-3H3,(H,20,24)(H,19,21,23)/t15-/m0/s1. The normalized spacial score (nSPS) is 17.7. The van der Waals surface area contributed by atoms with Crippen molar-refractivity contribution in [1.82, 2.24) is 15.2 Å². The van der Waals surface area contributed by atoms with Crippen molar-refractivity contribution in [2.75, 3.05) is 25.0 Å². The summed E-state index contributed by atoms with van der Waals surface area (Å²) in [4.78, 5) is 30.4. The second-order valence-corrected chi connectivity index (χ2v) is 7.00. The molecule has 0 spiro atoms. The second kappa shape index (κ2) is 8.66. The number of hydrogen-bond acceptors (Lipinski definition) is 3. The maximum atomic E-state index is 12.2. The Hall–Kier alpha value is -2.11. The number of likely N-dealkylation sites (tertiary alicyclic amines) is 1. The van der Waals surface area contributed by atoms with E-state index in [0.29, 0.717) is 31.2 Å². The van der Waals surface area contributed by atoms with Crippen LogP contribution >= 0.6 is 0 Å². The Labute approximate surface area is 144 Å². The second-order valence-electron chi connectivity index (χ2n) is 7.00. The van der Waals surface area contributed by atoms with Crippen LogP contribution in [0.4, 0.5) is 10.6 Å². The molecule has 24 heavy (non-hydrogen) atoms. The van der Waals surface area contributed by atoms with Crippen LogP contribution in [0.1, 0.15) is 38.7 Å². The van der Waals surface area contributed by atoms with Crippen LogP contribution in [0.3, 0.4) is 0 Å². The third kappa shape index (κ3) is 5.83. The van der Waals surface area contributed by atoms with Crippen molar-refractivity contribution in [3.8, 4) is 0 Å². The predicted molar refractivity (Wildman–Crippen MR) is 94.8 cm³/mol. The van der Waals surface area contributed by atoms with E-state index in [9.17, 15) is 9.59 Å². The summed E-state index contributed by atoms with van der Waals surface area (Å²) in [6, 6.07) is 3.73. The van der Waals surface area contributed by atoms with E-state index in [1.54, 1.807) is 6.20 Å². The van der Waals surface area contributed by atoms with Crippen molar-refractivity contribution in [1.29, 1.82) is 0 Å². The molecule has 1 aliphatic rings. The zero-order valence-electron chi connectivity index (χ0n) is 14.8. The largest absolute Gasteiger partial charge is 0.338 e. The molecule has 2 rings (SSSR count). The highest BCUT2D eigenvalue weighted by molar-refractivity contribution is 5.90. The van der Waals surface area contributed by atoms with Crippen molar-refractivity contribution in [3.63, 3.8) is 0 Å². The topological polar surface area (TPSA) is 74.3 Å². The van der Waals surface area contributed by atoms with Gasteiger partial charge in [0, 0.05) is 32.3 Å². The maximum absolute atomic E-state index is 12.2. The molecule has 1 aromatic rings. The third-order valence-corrected chi connectivity index (χ3v) is 4.12. The molecule has 1 aromatic heterocycles. The summed E-state index contributed by atoms with van der Waals surface area (Å²) in [5, 5.41) is 5.79. The van der Waals surface area contributed by atoms with E-state index in [1.165, 1.54) is 0 Å². The minimum Gasteiger partial charge on any atom is -0.338 e. The van der Waals surface area contributed by atoms with Gasteiger partial charge in [-0.25, -0.2) is 9.78 Å². The van der Waals surface area contributed by atoms with E-state index >= 15 is 0 Å². The molecule has 6 heteroatoms. The fourth-order valence-electron chi connectivity index (χ4n) is 2.88. The highest BCUT2D eigenvalue weighted by Crippen LogP contribution is 2.20. The molecule has 1 atom stereocenters. The van der Waals surface area contributed by atoms with Gasteiger partial charge in [0.2, 0.25) is 5.91 Å². The lowest BCUT2D eigenvalue weighted by atomic mass is 9.94. The summed E-state index contributed by atoms with van der Waals surface area (Å²) in [6.07, 6.45) is 4.02. The Kier molecular flexibility index (Phi) is 6.58. The SMILES string of the molecule is Cc1ccnc(NC(=O)C[C@@H]2CCCN(C(=O)NCC(C)C)C2)c1. The number of aromatic nitrogens is 1. The van der Waals surface area contributed by atoms with Crippen LogP contribution < -0.4 is 10.6 Å². The van der Waals surface area contributed by atoms with Gasteiger partial charge in [0.25, 0.3) is 0 Å². The number of carbonyl (C=O) groups is 2. The lowest BCUT2D eigenvalue weighted by molar-refractivity contribution is -0.117. The fraction of sp³-hybridized carbons (Fsp3) is 0.611. The molecular weight excluding hydrogens is 304 g/mol. The Morgan fingerprint density at radius 2 is 2.21 bits per heavy atom. The molecule has 0 saturated carbocycles. The first-order valence-corrected chi connectivity index (χ1v) is 8.69. The maximum Gasteiger partial charge on any atom is 0.317 e. The van der Waals surface area contributed by atoms with Gasteiger partial charge in [0.1, 0.15) is 5.82 Å². The first-order valence-electron chi connectivity index (χ1n) is 8.69. The summed E-state index contributed by atoms with van der Waals surface area (Å²) < 4.78 is 0. The number of anilines is 1. The van der Waals surface area contributed by atoms with E-state index in [0.717, 1.165) is 24.9 Å². The van der Waals surface area contributed by atoms with Crippen LogP contribution in [0.2, 0.25) is 0 Å². The lowest BCUT2D eigenvalue weighted by Crippen LogP contribution is -2.46. The van der Waals surface area contributed by atoms with Crippen LogP contribution in [0.15, 0.2) is 18.3 Å². The van der Waals surface area contributed by atoms with Crippen molar-refractivity contribution < 1.29 is 9.59 Å². The minimum absolute atomic E-state index is 0.0193. The molecule has 2 heterocycles. The Morgan fingerprint density at radius 3 is 2.92 bits per heavy atom. The summed E-state index contributed by atoms with van der Waals surface area (Å²) >= 11 is 0.